The quantitative estimate of drug-likeness (QED) is 0.630. The first-order valence-corrected chi connectivity index (χ1v) is 12.2. The lowest BCUT2D eigenvalue weighted by Gasteiger charge is -2.26. The van der Waals surface area contributed by atoms with Crippen molar-refractivity contribution in [2.24, 2.45) is 0 Å². The fourth-order valence-electron chi connectivity index (χ4n) is 3.36. The second-order valence-corrected chi connectivity index (χ2v) is 9.89. The smallest absolute Gasteiger partial charge is 0.315 e. The summed E-state index contributed by atoms with van der Waals surface area (Å²) in [6.45, 7) is 7.64. The van der Waals surface area contributed by atoms with Crippen LogP contribution in [0.2, 0.25) is 0 Å². The number of urea groups is 1. The average Bonchev–Trinajstić information content (AvgIpc) is 2.78. The Balaban J connectivity index is 1.52. The van der Waals surface area contributed by atoms with Gasteiger partial charge in [0.25, 0.3) is 0 Å². The van der Waals surface area contributed by atoms with Crippen molar-refractivity contribution in [1.29, 1.82) is 0 Å². The fourth-order valence-corrected chi connectivity index (χ4v) is 4.77. The van der Waals surface area contributed by atoms with Crippen LogP contribution in [0.1, 0.15) is 37.9 Å². The van der Waals surface area contributed by atoms with Crippen LogP contribution in [0.4, 0.5) is 4.79 Å². The van der Waals surface area contributed by atoms with Crippen LogP contribution in [-0.2, 0) is 21.3 Å². The van der Waals surface area contributed by atoms with Crippen molar-refractivity contribution in [2.45, 2.75) is 44.4 Å². The van der Waals surface area contributed by atoms with E-state index in [1.807, 2.05) is 45.0 Å². The first-order valence-electron chi connectivity index (χ1n) is 10.7. The summed E-state index contributed by atoms with van der Waals surface area (Å²) < 4.78 is 37.7. The molecule has 9 heteroatoms. The van der Waals surface area contributed by atoms with E-state index in [9.17, 15) is 13.2 Å². The van der Waals surface area contributed by atoms with Gasteiger partial charge in [-0.2, -0.15) is 4.31 Å². The summed E-state index contributed by atoms with van der Waals surface area (Å²) in [5.74, 6) is 0.763. The van der Waals surface area contributed by atoms with Crippen LogP contribution in [0.3, 0.4) is 0 Å². The van der Waals surface area contributed by atoms with E-state index in [1.165, 1.54) is 4.31 Å². The molecule has 0 aromatic heterocycles. The minimum absolute atomic E-state index is 0.0760. The highest BCUT2D eigenvalue weighted by Gasteiger charge is 2.26. The Morgan fingerprint density at radius 2 is 1.78 bits per heavy atom. The predicted octanol–water partition coefficient (Wildman–Crippen LogP) is 3.06. The highest BCUT2D eigenvalue weighted by atomic mass is 32.2. The zero-order chi connectivity index (χ0) is 23.1. The molecule has 1 atom stereocenters. The van der Waals surface area contributed by atoms with E-state index in [2.05, 4.69) is 10.6 Å². The van der Waals surface area contributed by atoms with Gasteiger partial charge < -0.3 is 20.1 Å². The molecule has 1 heterocycles. The van der Waals surface area contributed by atoms with Crippen LogP contribution in [-0.4, -0.2) is 51.2 Å². The van der Waals surface area contributed by atoms with E-state index in [4.69, 9.17) is 9.47 Å². The number of hydrogen-bond donors (Lipinski definition) is 2. The summed E-state index contributed by atoms with van der Waals surface area (Å²) in [5, 5.41) is 5.72. The Hall–Kier alpha value is -2.62. The summed E-state index contributed by atoms with van der Waals surface area (Å²) in [6.07, 6.45) is 0.0760. The number of ether oxygens (including phenoxy) is 2. The summed E-state index contributed by atoms with van der Waals surface area (Å²) in [4.78, 5) is 12.6. The van der Waals surface area contributed by atoms with E-state index in [-0.39, 0.29) is 29.6 Å². The van der Waals surface area contributed by atoms with Crippen LogP contribution in [0.15, 0.2) is 53.4 Å². The standard InChI is InChI=1S/C23H31N3O5S/c1-17(2)31-21-6-4-5-20(15-21)18(3)25-23(27)24-16-19-7-9-22(10-8-19)32(28,29)26-11-13-30-14-12-26/h4-10,15,17-18H,11-14,16H2,1-3H3,(H2,24,25,27). The first-order chi connectivity index (χ1) is 15.3. The Labute approximate surface area is 190 Å². The van der Waals surface area contributed by atoms with Crippen LogP contribution in [0.25, 0.3) is 0 Å². The molecule has 0 spiro atoms. The van der Waals surface area contributed by atoms with E-state index in [0.29, 0.717) is 26.3 Å². The minimum atomic E-state index is -3.52. The molecule has 32 heavy (non-hydrogen) atoms. The third-order valence-corrected chi connectivity index (χ3v) is 6.97. The van der Waals surface area contributed by atoms with Gasteiger partial charge in [0.1, 0.15) is 5.75 Å². The molecule has 0 radical (unpaired) electrons. The van der Waals surface area contributed by atoms with E-state index in [0.717, 1.165) is 16.9 Å². The fraction of sp³-hybridized carbons (Fsp3) is 0.435. The van der Waals surface area contributed by atoms with E-state index in [1.54, 1.807) is 24.3 Å². The summed E-state index contributed by atoms with van der Waals surface area (Å²) >= 11 is 0. The first kappa shape index (κ1) is 24.0. The van der Waals surface area contributed by atoms with Crippen molar-refractivity contribution in [3.63, 3.8) is 0 Å². The molecular formula is C23H31N3O5S. The molecule has 3 rings (SSSR count). The lowest BCUT2D eigenvalue weighted by Crippen LogP contribution is -2.40. The van der Waals surface area contributed by atoms with Crippen molar-refractivity contribution >= 4 is 16.1 Å². The molecule has 1 aliphatic heterocycles. The third kappa shape index (κ3) is 6.44. The monoisotopic (exact) mass is 461 g/mol. The number of carbonyl (C=O) groups is 1. The number of nitrogens with zero attached hydrogens (tertiary/aromatic N) is 1. The number of nitrogens with one attached hydrogen (secondary N) is 2. The average molecular weight is 462 g/mol. The van der Waals surface area contributed by atoms with Gasteiger partial charge in [0.15, 0.2) is 0 Å². The molecule has 2 amide bonds. The van der Waals surface area contributed by atoms with Gasteiger partial charge in [0, 0.05) is 19.6 Å². The van der Waals surface area contributed by atoms with Crippen LogP contribution in [0, 0.1) is 0 Å². The number of carbonyl (C=O) groups excluding carboxylic acids is 1. The van der Waals surface area contributed by atoms with Gasteiger partial charge >= 0.3 is 6.03 Å². The molecule has 1 unspecified atom stereocenters. The molecule has 1 fully saturated rings. The maximum absolute atomic E-state index is 12.7. The van der Waals surface area contributed by atoms with Crippen molar-refractivity contribution in [3.05, 3.63) is 59.7 Å². The zero-order valence-electron chi connectivity index (χ0n) is 18.7. The molecule has 0 aliphatic carbocycles. The molecular weight excluding hydrogens is 430 g/mol. The van der Waals surface area contributed by atoms with Gasteiger partial charge in [-0.05, 0) is 56.2 Å². The summed E-state index contributed by atoms with van der Waals surface area (Å²) in [6, 6.07) is 13.7. The Kier molecular flexibility index (Phi) is 8.11. The lowest BCUT2D eigenvalue weighted by atomic mass is 10.1. The number of benzene rings is 2. The normalized spacial score (nSPS) is 15.9. The number of rotatable bonds is 8. The third-order valence-electron chi connectivity index (χ3n) is 5.06. The molecule has 2 aromatic rings. The molecule has 0 saturated carbocycles. The highest BCUT2D eigenvalue weighted by molar-refractivity contribution is 7.89. The number of sulfonamides is 1. The van der Waals surface area contributed by atoms with Gasteiger partial charge in [-0.15, -0.1) is 0 Å². The zero-order valence-corrected chi connectivity index (χ0v) is 19.5. The maximum atomic E-state index is 12.7. The second kappa shape index (κ2) is 10.8. The predicted molar refractivity (Wildman–Crippen MR) is 122 cm³/mol. The van der Waals surface area contributed by atoms with Crippen molar-refractivity contribution < 1.29 is 22.7 Å². The van der Waals surface area contributed by atoms with Crippen LogP contribution < -0.4 is 15.4 Å². The number of hydrogen-bond acceptors (Lipinski definition) is 5. The maximum Gasteiger partial charge on any atom is 0.315 e. The Morgan fingerprint density at radius 1 is 1.09 bits per heavy atom. The van der Waals surface area contributed by atoms with Crippen molar-refractivity contribution in [3.8, 4) is 5.75 Å². The molecule has 8 nitrogen and oxygen atoms in total. The van der Waals surface area contributed by atoms with Gasteiger partial charge in [0.05, 0.1) is 30.3 Å². The van der Waals surface area contributed by atoms with Crippen molar-refractivity contribution in [1.82, 2.24) is 14.9 Å². The summed E-state index contributed by atoms with van der Waals surface area (Å²) in [7, 11) is -3.52. The van der Waals surface area contributed by atoms with Gasteiger partial charge in [-0.25, -0.2) is 13.2 Å². The van der Waals surface area contributed by atoms with Crippen molar-refractivity contribution in [2.75, 3.05) is 26.3 Å². The minimum Gasteiger partial charge on any atom is -0.491 e. The molecule has 2 N–H and O–H groups in total. The Morgan fingerprint density at radius 3 is 2.44 bits per heavy atom. The SMILES string of the molecule is CC(C)Oc1cccc(C(C)NC(=O)NCc2ccc(S(=O)(=O)N3CCOCC3)cc2)c1. The highest BCUT2D eigenvalue weighted by Crippen LogP contribution is 2.20. The Bertz CT molecular complexity index is 1000. The topological polar surface area (TPSA) is 97.0 Å². The van der Waals surface area contributed by atoms with Gasteiger partial charge in [-0.3, -0.25) is 0 Å². The van der Waals surface area contributed by atoms with Crippen LogP contribution in [0.5, 0.6) is 5.75 Å². The van der Waals surface area contributed by atoms with E-state index >= 15 is 0 Å². The largest absolute Gasteiger partial charge is 0.491 e. The molecule has 174 valence electrons. The van der Waals surface area contributed by atoms with Gasteiger partial charge in [0.2, 0.25) is 10.0 Å². The molecule has 0 bridgehead atoms. The second-order valence-electron chi connectivity index (χ2n) is 7.95. The lowest BCUT2D eigenvalue weighted by molar-refractivity contribution is 0.0730. The number of morpholine rings is 1. The van der Waals surface area contributed by atoms with Crippen LogP contribution >= 0.6 is 0 Å². The summed E-state index contributed by atoms with van der Waals surface area (Å²) in [5.41, 5.74) is 1.75. The molecule has 1 aliphatic rings. The van der Waals surface area contributed by atoms with E-state index < -0.39 is 10.0 Å². The molecule has 2 aromatic carbocycles. The number of amides is 2. The molecule has 1 saturated heterocycles. The van der Waals surface area contributed by atoms with Gasteiger partial charge in [-0.1, -0.05) is 24.3 Å².